The van der Waals surface area contributed by atoms with Gasteiger partial charge in [-0.2, -0.15) is 0 Å². The van der Waals surface area contributed by atoms with Crippen LogP contribution in [0.3, 0.4) is 0 Å². The van der Waals surface area contributed by atoms with Gasteiger partial charge in [0.15, 0.2) is 0 Å². The Balaban J connectivity index is 0.000000231. The normalized spacial score (nSPS) is 11.1. The van der Waals surface area contributed by atoms with E-state index in [-0.39, 0.29) is 17.0 Å². The Hall–Kier alpha value is -3.65. The Morgan fingerprint density at radius 2 is 1.57 bits per heavy atom. The molecule has 37 heavy (non-hydrogen) atoms. The summed E-state index contributed by atoms with van der Waals surface area (Å²) in [6.45, 7) is 0. The fourth-order valence-corrected chi connectivity index (χ4v) is 4.66. The number of carboxylic acids is 2. The number of thiophene rings is 1. The number of rotatable bonds is 7. The van der Waals surface area contributed by atoms with Crippen LogP contribution in [0.25, 0.3) is 10.4 Å². The molecule has 0 saturated heterocycles. The second-order valence-corrected chi connectivity index (χ2v) is 9.74. The Morgan fingerprint density at radius 3 is 2.11 bits per heavy atom. The van der Waals surface area contributed by atoms with Crippen LogP contribution >= 0.6 is 34.5 Å². The quantitative estimate of drug-likeness (QED) is 0.259. The zero-order chi connectivity index (χ0) is 26.9. The first kappa shape index (κ1) is 27.9. The largest absolute Gasteiger partial charge is 0.480 e. The summed E-state index contributed by atoms with van der Waals surface area (Å²) in [5.41, 5.74) is 2.44. The fourth-order valence-electron chi connectivity index (χ4n) is 3.44. The van der Waals surface area contributed by atoms with Crippen LogP contribution in [-0.2, 0) is 11.2 Å². The van der Waals surface area contributed by atoms with E-state index in [1.54, 1.807) is 29.5 Å². The number of nitrogens with zero attached hydrogens (tertiary/aromatic N) is 1. The molecule has 4 aromatic rings. The summed E-state index contributed by atoms with van der Waals surface area (Å²) in [7, 11) is 1.45. The second-order valence-electron chi connectivity index (χ2n) is 7.94. The lowest BCUT2D eigenvalue weighted by atomic mass is 10.0. The Morgan fingerprint density at radius 1 is 0.892 bits per heavy atom. The number of halogens is 2. The minimum atomic E-state index is -1.07. The van der Waals surface area contributed by atoms with Gasteiger partial charge in [-0.15, -0.1) is 11.3 Å². The molecular formula is C28H23Cl2NO5S. The first-order chi connectivity index (χ1) is 17.7. The predicted molar refractivity (Wildman–Crippen MR) is 147 cm³/mol. The van der Waals surface area contributed by atoms with E-state index in [2.05, 4.69) is 0 Å². The van der Waals surface area contributed by atoms with E-state index >= 15 is 0 Å². The van der Waals surface area contributed by atoms with E-state index in [1.807, 2.05) is 60.0 Å². The van der Waals surface area contributed by atoms with Crippen LogP contribution in [0.5, 0.6) is 0 Å². The van der Waals surface area contributed by atoms with E-state index in [1.165, 1.54) is 24.1 Å². The smallest absolute Gasteiger partial charge is 0.335 e. The average molecular weight is 556 g/mol. The standard InChI is InChI=1S/C17H15Cl2NO3.C11H8O2S/c1-20(16(21)13-8-7-12(18)10-14(13)19)15(17(22)23)9-11-5-3-2-4-6-11;12-11(13)9-5-3-8(4-6-9)10-2-1-7-14-10/h2-8,10,15H,9H2,1H3,(H,22,23);1-7H,(H,12,13)/t15-;/m0./s1. The molecule has 0 saturated carbocycles. The number of amides is 1. The van der Waals surface area contributed by atoms with Crippen LogP contribution in [0.1, 0.15) is 26.3 Å². The number of benzene rings is 3. The van der Waals surface area contributed by atoms with Gasteiger partial charge in [0.25, 0.3) is 5.91 Å². The highest BCUT2D eigenvalue weighted by Gasteiger charge is 2.28. The van der Waals surface area contributed by atoms with Gasteiger partial charge in [-0.3, -0.25) is 4.79 Å². The van der Waals surface area contributed by atoms with Crippen molar-refractivity contribution < 1.29 is 24.6 Å². The third kappa shape index (κ3) is 7.67. The molecule has 2 N–H and O–H groups in total. The van der Waals surface area contributed by atoms with Crippen molar-refractivity contribution in [2.24, 2.45) is 0 Å². The zero-order valence-corrected chi connectivity index (χ0v) is 22.0. The van der Waals surface area contributed by atoms with Crippen molar-refractivity contribution in [1.82, 2.24) is 4.90 Å². The van der Waals surface area contributed by atoms with Crippen LogP contribution < -0.4 is 0 Å². The summed E-state index contributed by atoms with van der Waals surface area (Å²) < 4.78 is 0. The molecule has 1 atom stereocenters. The highest BCUT2D eigenvalue weighted by molar-refractivity contribution is 7.13. The highest BCUT2D eigenvalue weighted by atomic mass is 35.5. The van der Waals surface area contributed by atoms with Crippen molar-refractivity contribution in [1.29, 1.82) is 0 Å². The highest BCUT2D eigenvalue weighted by Crippen LogP contribution is 2.25. The van der Waals surface area contributed by atoms with Crippen LogP contribution in [0.4, 0.5) is 0 Å². The van der Waals surface area contributed by atoms with E-state index in [0.29, 0.717) is 10.6 Å². The predicted octanol–water partition coefficient (Wildman–Crippen LogP) is 6.87. The molecule has 0 spiro atoms. The molecule has 4 rings (SSSR count). The van der Waals surface area contributed by atoms with E-state index in [0.717, 1.165) is 16.0 Å². The van der Waals surface area contributed by atoms with Gasteiger partial charge in [-0.25, -0.2) is 9.59 Å². The summed E-state index contributed by atoms with van der Waals surface area (Å²) in [5, 5.41) is 20.8. The first-order valence-electron chi connectivity index (χ1n) is 11.0. The van der Waals surface area contributed by atoms with Crippen LogP contribution in [0, 0.1) is 0 Å². The monoisotopic (exact) mass is 555 g/mol. The molecule has 1 heterocycles. The maximum Gasteiger partial charge on any atom is 0.335 e. The van der Waals surface area contributed by atoms with Crippen molar-refractivity contribution in [3.63, 3.8) is 0 Å². The number of likely N-dealkylation sites (N-methyl/N-ethyl adjacent to an activating group) is 1. The minimum absolute atomic E-state index is 0.193. The Labute approximate surface area is 228 Å². The molecule has 0 radical (unpaired) electrons. The van der Waals surface area contributed by atoms with Gasteiger partial charge in [0.2, 0.25) is 0 Å². The number of hydrogen-bond donors (Lipinski definition) is 2. The number of aliphatic carboxylic acids is 1. The Bertz CT molecular complexity index is 1360. The summed E-state index contributed by atoms with van der Waals surface area (Å²) in [4.78, 5) is 37.1. The van der Waals surface area contributed by atoms with Gasteiger partial charge in [-0.05, 0) is 52.9 Å². The van der Waals surface area contributed by atoms with Crippen molar-refractivity contribution in [2.75, 3.05) is 7.05 Å². The van der Waals surface area contributed by atoms with Gasteiger partial charge in [0, 0.05) is 23.4 Å². The molecule has 0 aliphatic rings. The summed E-state index contributed by atoms with van der Waals surface area (Å²) in [6.07, 6.45) is 0.212. The van der Waals surface area contributed by atoms with Crippen molar-refractivity contribution in [2.45, 2.75) is 12.5 Å². The maximum atomic E-state index is 12.5. The van der Waals surface area contributed by atoms with Crippen LogP contribution in [0.2, 0.25) is 10.0 Å². The first-order valence-corrected chi connectivity index (χ1v) is 12.7. The molecule has 190 valence electrons. The molecule has 0 bridgehead atoms. The molecule has 6 nitrogen and oxygen atoms in total. The minimum Gasteiger partial charge on any atom is -0.480 e. The Kier molecular flexibility index (Phi) is 9.85. The molecule has 1 aromatic heterocycles. The third-order valence-electron chi connectivity index (χ3n) is 5.44. The number of hydrogen-bond acceptors (Lipinski definition) is 4. The number of carbonyl (C=O) groups is 3. The molecule has 3 aromatic carbocycles. The van der Waals surface area contributed by atoms with E-state index < -0.39 is 23.9 Å². The molecule has 0 aliphatic heterocycles. The van der Waals surface area contributed by atoms with Crippen molar-refractivity contribution in [3.8, 4) is 10.4 Å². The maximum absolute atomic E-state index is 12.5. The summed E-state index contributed by atoms with van der Waals surface area (Å²) in [6, 6.07) is 23.5. The zero-order valence-electron chi connectivity index (χ0n) is 19.7. The van der Waals surface area contributed by atoms with Crippen molar-refractivity contribution >= 4 is 52.4 Å². The molecule has 0 aliphatic carbocycles. The SMILES string of the molecule is CN(C(=O)c1ccc(Cl)cc1Cl)[C@@H](Cc1ccccc1)C(=O)O.O=C(O)c1ccc(-c2cccs2)cc1. The van der Waals surface area contributed by atoms with Crippen molar-refractivity contribution in [3.05, 3.63) is 117 Å². The van der Waals surface area contributed by atoms with Gasteiger partial charge >= 0.3 is 11.9 Å². The van der Waals surface area contributed by atoms with Gasteiger partial charge in [0.1, 0.15) is 6.04 Å². The fraction of sp³-hybridized carbons (Fsp3) is 0.107. The summed E-state index contributed by atoms with van der Waals surface area (Å²) >= 11 is 13.5. The molecule has 1 amide bonds. The lowest BCUT2D eigenvalue weighted by Gasteiger charge is -2.25. The van der Waals surface area contributed by atoms with E-state index in [9.17, 15) is 19.5 Å². The average Bonchev–Trinajstić information content (AvgIpc) is 3.43. The molecule has 0 unspecified atom stereocenters. The lowest BCUT2D eigenvalue weighted by Crippen LogP contribution is -2.43. The number of carboxylic acid groups (broad SMARTS) is 2. The lowest BCUT2D eigenvalue weighted by molar-refractivity contribution is -0.141. The van der Waals surface area contributed by atoms with Gasteiger partial charge in [0.05, 0.1) is 16.1 Å². The second kappa shape index (κ2) is 13.1. The number of aromatic carboxylic acids is 1. The topological polar surface area (TPSA) is 94.9 Å². The van der Waals surface area contributed by atoms with Gasteiger partial charge in [-0.1, -0.05) is 71.7 Å². The molecule has 9 heteroatoms. The van der Waals surface area contributed by atoms with Crippen LogP contribution in [-0.4, -0.2) is 46.0 Å². The molecule has 0 fully saturated rings. The molecular weight excluding hydrogens is 533 g/mol. The van der Waals surface area contributed by atoms with Gasteiger partial charge < -0.3 is 15.1 Å². The number of carbonyl (C=O) groups excluding carboxylic acids is 1. The van der Waals surface area contributed by atoms with Crippen LogP contribution in [0.15, 0.2) is 90.3 Å². The summed E-state index contributed by atoms with van der Waals surface area (Å²) in [5.74, 6) is -2.42. The third-order valence-corrected chi connectivity index (χ3v) is 6.91. The van der Waals surface area contributed by atoms with E-state index in [4.69, 9.17) is 28.3 Å².